The van der Waals surface area contributed by atoms with Crippen LogP contribution in [0.2, 0.25) is 5.02 Å². The second-order valence-corrected chi connectivity index (χ2v) is 8.65. The van der Waals surface area contributed by atoms with Gasteiger partial charge in [0.15, 0.2) is 0 Å². The minimum atomic E-state index is -0.123. The SMILES string of the molecule is CCCCCn1c(N(C)Cc2ccc(C=O)cc2)cc(=O)n2cc(-c3ccc(Cl)cc3)nc12. The van der Waals surface area contributed by atoms with Gasteiger partial charge >= 0.3 is 0 Å². The molecule has 4 rings (SSSR count). The van der Waals surface area contributed by atoms with Gasteiger partial charge in [0.1, 0.15) is 12.1 Å². The number of carbonyl (C=O) groups excluding carboxylic acids is 1. The van der Waals surface area contributed by atoms with Crippen LogP contribution < -0.4 is 10.5 Å². The summed E-state index contributed by atoms with van der Waals surface area (Å²) < 4.78 is 3.74. The van der Waals surface area contributed by atoms with Crippen LogP contribution in [-0.2, 0) is 13.1 Å². The van der Waals surface area contributed by atoms with E-state index >= 15 is 0 Å². The molecule has 0 unspecified atom stereocenters. The number of nitrogens with zero attached hydrogens (tertiary/aromatic N) is 4. The Bertz CT molecular complexity index is 1310. The van der Waals surface area contributed by atoms with Gasteiger partial charge in [-0.15, -0.1) is 0 Å². The second-order valence-electron chi connectivity index (χ2n) is 8.22. The molecule has 7 heteroatoms. The number of benzene rings is 2. The summed E-state index contributed by atoms with van der Waals surface area (Å²) in [6, 6.07) is 16.6. The van der Waals surface area contributed by atoms with E-state index in [1.54, 1.807) is 28.8 Å². The zero-order valence-corrected chi connectivity index (χ0v) is 19.6. The fraction of sp³-hybridized carbons (Fsp3) is 0.269. The Balaban J connectivity index is 1.76. The van der Waals surface area contributed by atoms with Crippen LogP contribution in [-0.4, -0.2) is 27.3 Å². The molecule has 0 aliphatic carbocycles. The highest BCUT2D eigenvalue weighted by atomic mass is 35.5. The second kappa shape index (κ2) is 10.0. The van der Waals surface area contributed by atoms with Gasteiger partial charge in [-0.25, -0.2) is 4.98 Å². The number of fused-ring (bicyclic) bond motifs is 1. The molecule has 2 heterocycles. The molecule has 0 spiro atoms. The van der Waals surface area contributed by atoms with E-state index in [1.165, 1.54) is 0 Å². The zero-order valence-electron chi connectivity index (χ0n) is 18.9. The lowest BCUT2D eigenvalue weighted by atomic mass is 10.1. The number of unbranched alkanes of at least 4 members (excludes halogenated alkanes) is 2. The highest BCUT2D eigenvalue weighted by Crippen LogP contribution is 2.24. The number of aldehydes is 1. The molecule has 0 bridgehead atoms. The first-order valence-corrected chi connectivity index (χ1v) is 11.5. The van der Waals surface area contributed by atoms with Crippen LogP contribution >= 0.6 is 11.6 Å². The van der Waals surface area contributed by atoms with Gasteiger partial charge in [-0.1, -0.05) is 67.8 Å². The molecule has 2 aromatic carbocycles. The van der Waals surface area contributed by atoms with Crippen molar-refractivity contribution >= 4 is 29.5 Å². The van der Waals surface area contributed by atoms with Crippen LogP contribution in [0.25, 0.3) is 17.0 Å². The summed E-state index contributed by atoms with van der Waals surface area (Å²) in [6.45, 7) is 3.54. The third-order valence-corrected chi connectivity index (χ3v) is 6.00. The molecule has 4 aromatic rings. The Morgan fingerprint density at radius 1 is 1.06 bits per heavy atom. The Labute approximate surface area is 198 Å². The van der Waals surface area contributed by atoms with Gasteiger partial charge in [0.2, 0.25) is 5.78 Å². The molecule has 0 aliphatic rings. The predicted molar refractivity (Wildman–Crippen MR) is 133 cm³/mol. The Kier molecular flexibility index (Phi) is 6.94. The van der Waals surface area contributed by atoms with E-state index in [-0.39, 0.29) is 5.56 Å². The van der Waals surface area contributed by atoms with E-state index in [9.17, 15) is 9.59 Å². The maximum absolute atomic E-state index is 13.0. The number of imidazole rings is 1. The van der Waals surface area contributed by atoms with Crippen molar-refractivity contribution in [3.8, 4) is 11.3 Å². The standard InChI is InChI=1S/C26H27ClN4O2/c1-3-4-5-14-30-24(29(2)16-19-6-8-20(18-32)9-7-19)15-25(33)31-17-23(28-26(30)31)21-10-12-22(27)13-11-21/h6-13,15,17-18H,3-5,14,16H2,1-2H3. The smallest absolute Gasteiger partial charge is 0.261 e. The van der Waals surface area contributed by atoms with Crippen LogP contribution in [0.4, 0.5) is 5.82 Å². The van der Waals surface area contributed by atoms with Gasteiger partial charge in [0, 0.05) is 48.5 Å². The predicted octanol–water partition coefficient (Wildman–Crippen LogP) is 5.46. The summed E-state index contributed by atoms with van der Waals surface area (Å²) in [5, 5.41) is 0.659. The first kappa shape index (κ1) is 22.8. The van der Waals surface area contributed by atoms with Gasteiger partial charge in [0.05, 0.1) is 5.69 Å². The van der Waals surface area contributed by atoms with Gasteiger partial charge < -0.3 is 4.90 Å². The fourth-order valence-corrected chi connectivity index (χ4v) is 4.08. The van der Waals surface area contributed by atoms with Crippen molar-refractivity contribution in [1.82, 2.24) is 14.0 Å². The third-order valence-electron chi connectivity index (χ3n) is 5.75. The molecule has 2 aromatic heterocycles. The Morgan fingerprint density at radius 3 is 2.45 bits per heavy atom. The fourth-order valence-electron chi connectivity index (χ4n) is 3.95. The summed E-state index contributed by atoms with van der Waals surface area (Å²) in [6.07, 6.45) is 5.82. The summed E-state index contributed by atoms with van der Waals surface area (Å²) in [7, 11) is 1.97. The monoisotopic (exact) mass is 462 g/mol. The van der Waals surface area contributed by atoms with Crippen LogP contribution in [0.15, 0.2) is 65.6 Å². The van der Waals surface area contributed by atoms with E-state index in [2.05, 4.69) is 16.4 Å². The number of aromatic nitrogens is 3. The maximum atomic E-state index is 13.0. The highest BCUT2D eigenvalue weighted by molar-refractivity contribution is 6.30. The molecule has 0 saturated heterocycles. The quantitative estimate of drug-likeness (QED) is 0.245. The number of halogens is 1. The van der Waals surface area contributed by atoms with Crippen molar-refractivity contribution in [3.05, 3.63) is 87.3 Å². The van der Waals surface area contributed by atoms with E-state index in [0.717, 1.165) is 54.7 Å². The van der Waals surface area contributed by atoms with E-state index in [0.29, 0.717) is 22.9 Å². The molecule has 170 valence electrons. The number of rotatable bonds is 9. The van der Waals surface area contributed by atoms with Gasteiger partial charge in [-0.05, 0) is 24.1 Å². The minimum absolute atomic E-state index is 0.123. The maximum Gasteiger partial charge on any atom is 0.261 e. The average molecular weight is 463 g/mol. The lowest BCUT2D eigenvalue weighted by molar-refractivity contribution is 0.112. The molecule has 0 saturated carbocycles. The van der Waals surface area contributed by atoms with Gasteiger partial charge in [-0.3, -0.25) is 18.6 Å². The van der Waals surface area contributed by atoms with Crippen molar-refractivity contribution in [3.63, 3.8) is 0 Å². The largest absolute Gasteiger partial charge is 0.357 e. The minimum Gasteiger partial charge on any atom is -0.357 e. The molecule has 0 N–H and O–H groups in total. The average Bonchev–Trinajstić information content (AvgIpc) is 3.27. The topological polar surface area (TPSA) is 59.6 Å². The molecular formula is C26H27ClN4O2. The van der Waals surface area contributed by atoms with Crippen molar-refractivity contribution in [2.45, 2.75) is 39.3 Å². The lowest BCUT2D eigenvalue weighted by Crippen LogP contribution is -2.27. The van der Waals surface area contributed by atoms with Crippen LogP contribution in [0, 0.1) is 0 Å². The molecule has 0 atom stereocenters. The lowest BCUT2D eigenvalue weighted by Gasteiger charge is -2.24. The van der Waals surface area contributed by atoms with E-state index in [4.69, 9.17) is 16.6 Å². The number of carbonyl (C=O) groups is 1. The van der Waals surface area contributed by atoms with Crippen molar-refractivity contribution < 1.29 is 4.79 Å². The Hall–Kier alpha value is -3.38. The number of aryl methyl sites for hydroxylation is 1. The van der Waals surface area contributed by atoms with Gasteiger partial charge in [-0.2, -0.15) is 0 Å². The summed E-state index contributed by atoms with van der Waals surface area (Å²) >= 11 is 6.04. The summed E-state index contributed by atoms with van der Waals surface area (Å²) in [4.78, 5) is 30.9. The third kappa shape index (κ3) is 5.01. The zero-order chi connectivity index (χ0) is 23.4. The van der Waals surface area contributed by atoms with Crippen LogP contribution in [0.5, 0.6) is 0 Å². The highest BCUT2D eigenvalue weighted by Gasteiger charge is 2.16. The van der Waals surface area contributed by atoms with Crippen LogP contribution in [0.3, 0.4) is 0 Å². The summed E-state index contributed by atoms with van der Waals surface area (Å²) in [5.74, 6) is 1.44. The number of hydrogen-bond donors (Lipinski definition) is 0. The van der Waals surface area contributed by atoms with E-state index < -0.39 is 0 Å². The van der Waals surface area contributed by atoms with Crippen molar-refractivity contribution in [2.75, 3.05) is 11.9 Å². The van der Waals surface area contributed by atoms with Crippen molar-refractivity contribution in [2.24, 2.45) is 0 Å². The van der Waals surface area contributed by atoms with E-state index in [1.807, 2.05) is 43.4 Å². The van der Waals surface area contributed by atoms with Crippen LogP contribution in [0.1, 0.15) is 42.1 Å². The number of hydrogen-bond acceptors (Lipinski definition) is 4. The molecule has 0 fully saturated rings. The molecule has 6 nitrogen and oxygen atoms in total. The Morgan fingerprint density at radius 2 is 1.79 bits per heavy atom. The molecule has 33 heavy (non-hydrogen) atoms. The normalized spacial score (nSPS) is 11.1. The number of anilines is 1. The molecule has 0 aliphatic heterocycles. The summed E-state index contributed by atoms with van der Waals surface area (Å²) in [5.41, 5.74) is 3.22. The molecule has 0 radical (unpaired) electrons. The molecular weight excluding hydrogens is 436 g/mol. The van der Waals surface area contributed by atoms with Gasteiger partial charge in [0.25, 0.3) is 5.56 Å². The van der Waals surface area contributed by atoms with Crippen molar-refractivity contribution in [1.29, 1.82) is 0 Å². The first-order chi connectivity index (χ1) is 16.0. The molecule has 0 amide bonds. The first-order valence-electron chi connectivity index (χ1n) is 11.1.